The van der Waals surface area contributed by atoms with Crippen molar-refractivity contribution in [2.45, 2.75) is 6.92 Å². The topological polar surface area (TPSA) is 21.7 Å². The first-order chi connectivity index (χ1) is 15.7. The van der Waals surface area contributed by atoms with Gasteiger partial charge in [-0.3, -0.25) is 0 Å². The summed E-state index contributed by atoms with van der Waals surface area (Å²) in [4.78, 5) is 4.58. The first kappa shape index (κ1) is 19.0. The molecule has 154 valence electrons. The van der Waals surface area contributed by atoms with Crippen LogP contribution in [0.15, 0.2) is 96.5 Å². The van der Waals surface area contributed by atoms with E-state index in [4.69, 9.17) is 0 Å². The number of benzene rings is 4. The van der Waals surface area contributed by atoms with Gasteiger partial charge in [-0.1, -0.05) is 60.7 Å². The molecule has 3 nitrogen and oxygen atoms in total. The minimum absolute atomic E-state index is 1.05. The zero-order valence-electron chi connectivity index (χ0n) is 18.0. The number of thiazole rings is 1. The van der Waals surface area contributed by atoms with Gasteiger partial charge >= 0.3 is 0 Å². The molecule has 2 aromatic heterocycles. The number of aryl methyl sites for hydroxylation is 2. The third kappa shape index (κ3) is 2.88. The van der Waals surface area contributed by atoms with Crippen molar-refractivity contribution in [1.82, 2.24) is 9.55 Å². The van der Waals surface area contributed by atoms with Gasteiger partial charge in [0.2, 0.25) is 0 Å². The molecule has 4 aromatic carbocycles. The largest absolute Gasteiger partial charge is 0.296 e. The Morgan fingerprint density at radius 1 is 0.781 bits per heavy atom. The van der Waals surface area contributed by atoms with E-state index in [9.17, 15) is 0 Å². The van der Waals surface area contributed by atoms with E-state index in [1.165, 1.54) is 43.8 Å². The van der Waals surface area contributed by atoms with Crippen LogP contribution < -0.4 is 4.57 Å². The Hall–Kier alpha value is -3.76. The molecule has 6 rings (SSSR count). The van der Waals surface area contributed by atoms with Crippen LogP contribution in [0.3, 0.4) is 0 Å². The predicted octanol–water partition coefficient (Wildman–Crippen LogP) is 6.71. The smallest absolute Gasteiger partial charge is 0.245 e. The first-order valence-corrected chi connectivity index (χ1v) is 11.6. The van der Waals surface area contributed by atoms with Gasteiger partial charge in [-0.2, -0.15) is 4.57 Å². The molecule has 0 amide bonds. The maximum atomic E-state index is 4.58. The molecule has 2 heterocycles. The SMILES string of the molecule is Cc1ccc2ncsc2c1-c1n(-c2ccc(-c3ccccc3)cc2)c2ccccc2[n+]1C. The van der Waals surface area contributed by atoms with Gasteiger partial charge in [-0.05, 0) is 53.9 Å². The van der Waals surface area contributed by atoms with Gasteiger partial charge in [-0.15, -0.1) is 11.3 Å². The standard InChI is InChI=1S/C28H22N3S/c1-19-12-17-23-27(32-18-29-23)26(19)28-30(2)24-10-6-7-11-25(24)31(28)22-15-13-21(14-16-22)20-8-4-3-5-9-20/h3-18H,1-2H3/q+1. The quantitative estimate of drug-likeness (QED) is 0.285. The number of aromatic nitrogens is 3. The molecule has 0 saturated heterocycles. The van der Waals surface area contributed by atoms with Crippen LogP contribution in [-0.4, -0.2) is 9.55 Å². The van der Waals surface area contributed by atoms with E-state index in [-0.39, 0.29) is 0 Å². The second-order valence-corrected chi connectivity index (χ2v) is 8.93. The van der Waals surface area contributed by atoms with Crippen LogP contribution >= 0.6 is 11.3 Å². The summed E-state index contributed by atoms with van der Waals surface area (Å²) in [5, 5.41) is 0. The lowest BCUT2D eigenvalue weighted by atomic mass is 10.0. The number of hydrogen-bond donors (Lipinski definition) is 0. The Balaban J connectivity index is 1.64. The second-order valence-electron chi connectivity index (χ2n) is 8.08. The molecule has 0 atom stereocenters. The molecule has 0 saturated carbocycles. The number of rotatable bonds is 3. The fourth-order valence-corrected chi connectivity index (χ4v) is 5.48. The lowest BCUT2D eigenvalue weighted by Crippen LogP contribution is -2.30. The number of nitrogens with zero attached hydrogens (tertiary/aromatic N) is 3. The van der Waals surface area contributed by atoms with Crippen LogP contribution in [-0.2, 0) is 7.05 Å². The summed E-state index contributed by atoms with van der Waals surface area (Å²) >= 11 is 1.71. The van der Waals surface area contributed by atoms with E-state index in [1.807, 2.05) is 5.51 Å². The van der Waals surface area contributed by atoms with Gasteiger partial charge in [-0.25, -0.2) is 9.55 Å². The van der Waals surface area contributed by atoms with Crippen molar-refractivity contribution in [3.8, 4) is 28.2 Å². The number of fused-ring (bicyclic) bond motifs is 2. The van der Waals surface area contributed by atoms with Gasteiger partial charge in [0.25, 0.3) is 5.82 Å². The molecule has 0 aliphatic rings. The Morgan fingerprint density at radius 2 is 1.50 bits per heavy atom. The van der Waals surface area contributed by atoms with Crippen molar-refractivity contribution in [1.29, 1.82) is 0 Å². The van der Waals surface area contributed by atoms with Crippen LogP contribution in [0.2, 0.25) is 0 Å². The van der Waals surface area contributed by atoms with Gasteiger partial charge in [0.15, 0.2) is 11.0 Å². The molecule has 0 aliphatic carbocycles. The monoisotopic (exact) mass is 432 g/mol. The molecule has 32 heavy (non-hydrogen) atoms. The Kier molecular flexibility index (Phi) is 4.40. The zero-order valence-corrected chi connectivity index (χ0v) is 18.8. The lowest BCUT2D eigenvalue weighted by Gasteiger charge is -2.08. The van der Waals surface area contributed by atoms with Crippen LogP contribution in [0.1, 0.15) is 5.56 Å². The summed E-state index contributed by atoms with van der Waals surface area (Å²) in [6, 6.07) is 32.3. The van der Waals surface area contributed by atoms with E-state index in [0.29, 0.717) is 0 Å². The molecule has 0 unspecified atom stereocenters. The summed E-state index contributed by atoms with van der Waals surface area (Å²) in [6.45, 7) is 2.19. The molecule has 0 bridgehead atoms. The van der Waals surface area contributed by atoms with E-state index in [1.54, 1.807) is 11.3 Å². The Morgan fingerprint density at radius 3 is 2.31 bits per heavy atom. The van der Waals surface area contributed by atoms with E-state index in [2.05, 4.69) is 119 Å². The molecule has 0 aliphatic heterocycles. The molecular weight excluding hydrogens is 410 g/mol. The Bertz CT molecular complexity index is 1570. The van der Waals surface area contributed by atoms with Crippen molar-refractivity contribution in [2.24, 2.45) is 7.05 Å². The summed E-state index contributed by atoms with van der Waals surface area (Å²) in [6.07, 6.45) is 0. The average molecular weight is 433 g/mol. The van der Waals surface area contributed by atoms with Crippen molar-refractivity contribution < 1.29 is 4.57 Å². The fraction of sp³-hybridized carbons (Fsp3) is 0.0714. The third-order valence-corrected chi connectivity index (χ3v) is 7.04. The molecular formula is C28H22N3S+. The van der Waals surface area contributed by atoms with Gasteiger partial charge < -0.3 is 0 Å². The van der Waals surface area contributed by atoms with Crippen LogP contribution in [0.25, 0.3) is 49.5 Å². The average Bonchev–Trinajstić information content (AvgIpc) is 3.43. The summed E-state index contributed by atoms with van der Waals surface area (Å²) in [5.74, 6) is 1.17. The number of hydrogen-bond acceptors (Lipinski definition) is 2. The van der Waals surface area contributed by atoms with Crippen LogP contribution in [0.4, 0.5) is 0 Å². The van der Waals surface area contributed by atoms with E-state index < -0.39 is 0 Å². The summed E-state index contributed by atoms with van der Waals surface area (Å²) < 4.78 is 5.92. The van der Waals surface area contributed by atoms with Gasteiger partial charge in [0.05, 0.1) is 28.3 Å². The molecule has 6 aromatic rings. The van der Waals surface area contributed by atoms with Crippen LogP contribution in [0.5, 0.6) is 0 Å². The summed E-state index contributed by atoms with van der Waals surface area (Å²) in [7, 11) is 2.16. The minimum Gasteiger partial charge on any atom is -0.245 e. The number of imidazole rings is 1. The molecule has 0 radical (unpaired) electrons. The van der Waals surface area contributed by atoms with E-state index in [0.717, 1.165) is 11.2 Å². The molecule has 0 N–H and O–H groups in total. The van der Waals surface area contributed by atoms with E-state index >= 15 is 0 Å². The minimum atomic E-state index is 1.05. The first-order valence-electron chi connectivity index (χ1n) is 10.7. The normalized spacial score (nSPS) is 11.4. The van der Waals surface area contributed by atoms with Crippen molar-refractivity contribution >= 4 is 32.6 Å². The summed E-state index contributed by atoms with van der Waals surface area (Å²) in [5.41, 5.74) is 11.5. The maximum absolute atomic E-state index is 4.58. The molecule has 4 heteroatoms. The van der Waals surface area contributed by atoms with Gasteiger partial charge in [0, 0.05) is 0 Å². The maximum Gasteiger partial charge on any atom is 0.296 e. The lowest BCUT2D eigenvalue weighted by molar-refractivity contribution is -0.633. The fourth-order valence-electron chi connectivity index (χ4n) is 4.59. The highest BCUT2D eigenvalue weighted by Gasteiger charge is 2.28. The highest BCUT2D eigenvalue weighted by Crippen LogP contribution is 2.36. The zero-order chi connectivity index (χ0) is 21.7. The molecule has 0 fully saturated rings. The van der Waals surface area contributed by atoms with Crippen molar-refractivity contribution in [2.75, 3.05) is 0 Å². The second kappa shape index (κ2) is 7.43. The predicted molar refractivity (Wildman–Crippen MR) is 133 cm³/mol. The third-order valence-electron chi connectivity index (χ3n) is 6.18. The van der Waals surface area contributed by atoms with Crippen molar-refractivity contribution in [3.63, 3.8) is 0 Å². The Labute approximate surface area is 190 Å². The highest BCUT2D eigenvalue weighted by atomic mass is 32.1. The van der Waals surface area contributed by atoms with Crippen molar-refractivity contribution in [3.05, 3.63) is 102 Å². The van der Waals surface area contributed by atoms with Crippen LogP contribution in [0, 0.1) is 6.92 Å². The van der Waals surface area contributed by atoms with Gasteiger partial charge in [0.1, 0.15) is 5.69 Å². The highest BCUT2D eigenvalue weighted by molar-refractivity contribution is 7.17. The number of para-hydroxylation sites is 2. The molecule has 0 spiro atoms.